The molecule has 4 aliphatic carbocycles. The third-order valence-electron chi connectivity index (χ3n) is 8.94. The van der Waals surface area contributed by atoms with Gasteiger partial charge in [-0.3, -0.25) is 4.79 Å². The molecule has 4 saturated carbocycles. The van der Waals surface area contributed by atoms with Crippen molar-refractivity contribution >= 4 is 12.1 Å². The molecule has 0 saturated heterocycles. The molecule has 0 aromatic carbocycles. The van der Waals surface area contributed by atoms with E-state index in [1.807, 2.05) is 0 Å². The number of ketones is 1. The predicted molar refractivity (Wildman–Crippen MR) is 95.1 cm³/mol. The van der Waals surface area contributed by atoms with Crippen molar-refractivity contribution in [2.45, 2.75) is 70.5 Å². The van der Waals surface area contributed by atoms with Crippen LogP contribution in [0, 0.1) is 40.4 Å². The van der Waals surface area contributed by atoms with E-state index in [0.717, 1.165) is 44.8 Å². The Labute approximate surface area is 155 Å². The summed E-state index contributed by atoms with van der Waals surface area (Å²) in [6.45, 7) is 1.76. The van der Waals surface area contributed by atoms with E-state index in [1.54, 1.807) is 0 Å². The van der Waals surface area contributed by atoms with E-state index >= 15 is 0 Å². The molecule has 0 aromatic heterocycles. The fraction of sp³-hybridized carbons (Fsp3) is 0.905. The average Bonchev–Trinajstić information content (AvgIpc) is 3.00. The zero-order valence-electron chi connectivity index (χ0n) is 15.6. The van der Waals surface area contributed by atoms with Crippen molar-refractivity contribution in [3.63, 3.8) is 0 Å². The lowest BCUT2D eigenvalue weighted by Gasteiger charge is -2.61. The number of carbonyl (C=O) groups is 2. The van der Waals surface area contributed by atoms with Gasteiger partial charge in [0.2, 0.25) is 0 Å². The largest absolute Gasteiger partial charge is 0.393 e. The van der Waals surface area contributed by atoms with Gasteiger partial charge in [-0.15, -0.1) is 0 Å². The highest BCUT2D eigenvalue weighted by Gasteiger charge is 2.65. The molecule has 0 radical (unpaired) electrons. The fourth-order valence-electron chi connectivity index (χ4n) is 7.85. The van der Waals surface area contributed by atoms with E-state index in [1.165, 1.54) is 0 Å². The van der Waals surface area contributed by atoms with Crippen molar-refractivity contribution in [2.75, 3.05) is 6.61 Å². The van der Waals surface area contributed by atoms with E-state index in [-0.39, 0.29) is 35.1 Å². The summed E-state index contributed by atoms with van der Waals surface area (Å²) in [4.78, 5) is 24.6. The summed E-state index contributed by atoms with van der Waals surface area (Å²) in [5.41, 5.74) is -0.784. The normalized spacial score (nSPS) is 53.3. The molecule has 0 amide bonds. The highest BCUT2D eigenvalue weighted by Crippen LogP contribution is 2.67. The molecule has 4 rings (SSSR count). The summed E-state index contributed by atoms with van der Waals surface area (Å²) in [7, 11) is 0. The topological polar surface area (TPSA) is 94.8 Å². The van der Waals surface area contributed by atoms with Crippen LogP contribution in [-0.4, -0.2) is 46.2 Å². The van der Waals surface area contributed by atoms with Gasteiger partial charge in [0.15, 0.2) is 5.78 Å². The highest BCUT2D eigenvalue weighted by molar-refractivity contribution is 5.87. The number of carbonyl (C=O) groups excluding carboxylic acids is 2. The summed E-state index contributed by atoms with van der Waals surface area (Å²) in [6, 6.07) is 0. The molecule has 3 N–H and O–H groups in total. The molecule has 5 nitrogen and oxygen atoms in total. The van der Waals surface area contributed by atoms with Gasteiger partial charge >= 0.3 is 0 Å². The quantitative estimate of drug-likeness (QED) is 0.663. The van der Waals surface area contributed by atoms with Gasteiger partial charge in [-0.25, -0.2) is 0 Å². The first kappa shape index (κ1) is 18.6. The van der Waals surface area contributed by atoms with Crippen LogP contribution in [0.5, 0.6) is 0 Å². The Bertz CT molecular complexity index is 591. The molecule has 0 heterocycles. The molecule has 0 aliphatic heterocycles. The Balaban J connectivity index is 1.69. The Morgan fingerprint density at radius 3 is 2.62 bits per heavy atom. The van der Waals surface area contributed by atoms with Crippen molar-refractivity contribution in [1.29, 1.82) is 0 Å². The second kappa shape index (κ2) is 6.39. The van der Waals surface area contributed by atoms with Crippen LogP contribution in [0.15, 0.2) is 0 Å². The number of Topliss-reactive ketones (excluding diaryl/α,β-unsaturated/α-hetero) is 1. The van der Waals surface area contributed by atoms with Crippen LogP contribution < -0.4 is 0 Å². The maximum Gasteiger partial charge on any atom is 0.162 e. The van der Waals surface area contributed by atoms with Crippen LogP contribution in [0.1, 0.15) is 58.3 Å². The maximum absolute atomic E-state index is 12.3. The number of aldehydes is 1. The number of rotatable bonds is 3. The molecule has 4 fully saturated rings. The van der Waals surface area contributed by atoms with E-state index < -0.39 is 24.0 Å². The molecule has 0 bridgehead atoms. The van der Waals surface area contributed by atoms with E-state index in [2.05, 4.69) is 6.92 Å². The molecule has 9 atom stereocenters. The van der Waals surface area contributed by atoms with Gasteiger partial charge in [0.25, 0.3) is 0 Å². The standard InChI is InChI=1S/C21H32O5/c1-20-7-6-13(24)8-12(20)2-3-14-15-4-5-16(18(26)10-22)21(15,11-23)9-17(25)19(14)20/h11-17,19,22,24-25H,2-10H2,1H3/t12-,13-,14-,15-,16+,17-,19+,20-,21+/m0/s1. The molecule has 26 heavy (non-hydrogen) atoms. The number of hydrogen-bond acceptors (Lipinski definition) is 5. The lowest BCUT2D eigenvalue weighted by molar-refractivity contribution is -0.182. The van der Waals surface area contributed by atoms with Gasteiger partial charge in [0, 0.05) is 11.3 Å². The van der Waals surface area contributed by atoms with Crippen molar-refractivity contribution < 1.29 is 24.9 Å². The summed E-state index contributed by atoms with van der Waals surface area (Å²) in [5.74, 6) is 0.294. The molecule has 0 unspecified atom stereocenters. The van der Waals surface area contributed by atoms with E-state index in [4.69, 9.17) is 0 Å². The van der Waals surface area contributed by atoms with Gasteiger partial charge in [0.05, 0.1) is 12.2 Å². The molecule has 0 aromatic rings. The van der Waals surface area contributed by atoms with Gasteiger partial charge in [-0.1, -0.05) is 6.92 Å². The lowest BCUT2D eigenvalue weighted by atomic mass is 9.43. The maximum atomic E-state index is 12.3. The minimum Gasteiger partial charge on any atom is -0.393 e. The van der Waals surface area contributed by atoms with Crippen LogP contribution in [0.4, 0.5) is 0 Å². The summed E-state index contributed by atoms with van der Waals surface area (Å²) in [6.07, 6.45) is 6.51. The molecular formula is C21H32O5. The lowest BCUT2D eigenvalue weighted by Crippen LogP contribution is -2.60. The van der Waals surface area contributed by atoms with E-state index in [9.17, 15) is 24.9 Å². The van der Waals surface area contributed by atoms with Crippen molar-refractivity contribution in [1.82, 2.24) is 0 Å². The SMILES string of the molecule is C[C@]12CC[C@H](O)C[C@@H]1CC[C@@H]1[C@@H]2[C@@H](O)C[C@]2(C=O)[C@@H](C(=O)CO)CC[C@@H]12. The minimum absolute atomic E-state index is 0.00960. The fourth-order valence-corrected chi connectivity index (χ4v) is 7.85. The van der Waals surface area contributed by atoms with E-state index in [0.29, 0.717) is 18.8 Å². The first-order chi connectivity index (χ1) is 12.4. The van der Waals surface area contributed by atoms with Gasteiger partial charge in [-0.05, 0) is 80.5 Å². The summed E-state index contributed by atoms with van der Waals surface area (Å²) in [5, 5.41) is 30.7. The van der Waals surface area contributed by atoms with Crippen LogP contribution in [-0.2, 0) is 9.59 Å². The van der Waals surface area contributed by atoms with Crippen LogP contribution in [0.3, 0.4) is 0 Å². The zero-order valence-corrected chi connectivity index (χ0v) is 15.6. The Morgan fingerprint density at radius 2 is 1.92 bits per heavy atom. The van der Waals surface area contributed by atoms with Crippen LogP contribution >= 0.6 is 0 Å². The second-order valence-corrected chi connectivity index (χ2v) is 9.76. The number of fused-ring (bicyclic) bond motifs is 5. The van der Waals surface area contributed by atoms with Crippen LogP contribution in [0.25, 0.3) is 0 Å². The van der Waals surface area contributed by atoms with Crippen molar-refractivity contribution in [3.05, 3.63) is 0 Å². The number of hydrogen-bond donors (Lipinski definition) is 3. The molecule has 146 valence electrons. The highest BCUT2D eigenvalue weighted by atomic mass is 16.3. The van der Waals surface area contributed by atoms with Gasteiger partial charge < -0.3 is 20.1 Å². The first-order valence-corrected chi connectivity index (χ1v) is 10.3. The Hall–Kier alpha value is -0.780. The minimum atomic E-state index is -0.794. The smallest absolute Gasteiger partial charge is 0.162 e. The molecular weight excluding hydrogens is 332 g/mol. The summed E-state index contributed by atoms with van der Waals surface area (Å²) < 4.78 is 0. The molecule has 4 aliphatic rings. The monoisotopic (exact) mass is 364 g/mol. The van der Waals surface area contributed by atoms with Gasteiger partial charge in [0.1, 0.15) is 12.9 Å². The Kier molecular flexibility index (Phi) is 4.56. The van der Waals surface area contributed by atoms with Gasteiger partial charge in [-0.2, -0.15) is 0 Å². The van der Waals surface area contributed by atoms with Crippen LogP contribution in [0.2, 0.25) is 0 Å². The Morgan fingerprint density at radius 1 is 1.15 bits per heavy atom. The zero-order chi connectivity index (χ0) is 18.7. The third-order valence-corrected chi connectivity index (χ3v) is 8.94. The second-order valence-electron chi connectivity index (χ2n) is 9.76. The average molecular weight is 364 g/mol. The van der Waals surface area contributed by atoms with Crippen molar-refractivity contribution in [3.8, 4) is 0 Å². The number of aliphatic hydroxyl groups excluding tert-OH is 3. The number of aliphatic hydroxyl groups is 3. The first-order valence-electron chi connectivity index (χ1n) is 10.3. The summed E-state index contributed by atoms with van der Waals surface area (Å²) >= 11 is 0. The molecule has 5 heteroatoms. The molecule has 0 spiro atoms. The van der Waals surface area contributed by atoms with Crippen molar-refractivity contribution in [2.24, 2.45) is 40.4 Å². The third kappa shape index (κ3) is 2.39. The predicted octanol–water partition coefficient (Wildman–Crippen LogP) is 1.72.